The summed E-state index contributed by atoms with van der Waals surface area (Å²) in [4.78, 5) is 18.4. The molecule has 1 aromatic heterocycles. The molecule has 2 N–H and O–H groups in total. The third-order valence-corrected chi connectivity index (χ3v) is 6.25. The van der Waals surface area contributed by atoms with E-state index >= 15 is 0 Å². The Morgan fingerprint density at radius 1 is 1.20 bits per heavy atom. The van der Waals surface area contributed by atoms with Crippen LogP contribution in [0.25, 0.3) is 0 Å². The van der Waals surface area contributed by atoms with E-state index in [-0.39, 0.29) is 12.1 Å². The van der Waals surface area contributed by atoms with Crippen molar-refractivity contribution in [3.63, 3.8) is 0 Å². The van der Waals surface area contributed by atoms with E-state index in [1.54, 1.807) is 30.5 Å². The lowest BCUT2D eigenvalue weighted by Gasteiger charge is -2.35. The Kier molecular flexibility index (Phi) is 6.20. The second kappa shape index (κ2) is 9.02. The average Bonchev–Trinajstić information content (AvgIpc) is 3.15. The molecule has 2 aromatic rings. The number of carbonyl (C=O) groups is 1. The Balaban J connectivity index is 1.37. The van der Waals surface area contributed by atoms with Crippen molar-refractivity contribution in [1.29, 1.82) is 0 Å². The fourth-order valence-corrected chi connectivity index (χ4v) is 4.74. The number of esters is 1. The molecule has 30 heavy (non-hydrogen) atoms. The molecular weight excluding hydrogens is 382 g/mol. The van der Waals surface area contributed by atoms with Crippen molar-refractivity contribution in [3.05, 3.63) is 53.7 Å². The molecule has 2 fully saturated rings. The summed E-state index contributed by atoms with van der Waals surface area (Å²) >= 11 is 0. The van der Waals surface area contributed by atoms with Gasteiger partial charge < -0.3 is 19.9 Å². The highest BCUT2D eigenvalue weighted by Gasteiger charge is 2.42. The molecular formula is C23H29N3O4. The van der Waals surface area contributed by atoms with Gasteiger partial charge in [-0.05, 0) is 55.0 Å². The third kappa shape index (κ3) is 4.42. The van der Waals surface area contributed by atoms with E-state index in [0.717, 1.165) is 38.3 Å². The molecule has 1 saturated heterocycles. The van der Waals surface area contributed by atoms with Crippen molar-refractivity contribution in [2.24, 2.45) is 11.8 Å². The van der Waals surface area contributed by atoms with Gasteiger partial charge in [-0.15, -0.1) is 0 Å². The fourth-order valence-electron chi connectivity index (χ4n) is 4.74. The van der Waals surface area contributed by atoms with Gasteiger partial charge in [0, 0.05) is 38.4 Å². The number of pyridine rings is 1. The molecule has 1 saturated carbocycles. The van der Waals surface area contributed by atoms with E-state index in [9.17, 15) is 9.90 Å². The topological polar surface area (TPSA) is 83.9 Å². The maximum Gasteiger partial charge on any atom is 0.337 e. The van der Waals surface area contributed by atoms with Crippen LogP contribution < -0.4 is 10.1 Å². The first-order valence-corrected chi connectivity index (χ1v) is 10.4. The molecule has 0 amide bonds. The molecule has 7 heteroatoms. The molecule has 0 radical (unpaired) electrons. The van der Waals surface area contributed by atoms with Crippen LogP contribution in [0.3, 0.4) is 0 Å². The van der Waals surface area contributed by atoms with E-state index in [0.29, 0.717) is 23.1 Å². The summed E-state index contributed by atoms with van der Waals surface area (Å²) in [7, 11) is 3.26. The van der Waals surface area contributed by atoms with Crippen molar-refractivity contribution in [3.8, 4) is 5.75 Å². The number of methoxy groups -OCH3 is 1. The largest absolute Gasteiger partial charge is 0.488 e. The number of hydrogen-bond acceptors (Lipinski definition) is 7. The number of nitrogens with one attached hydrogen (secondary N) is 1. The average molecular weight is 412 g/mol. The Labute approximate surface area is 177 Å². The molecule has 0 spiro atoms. The van der Waals surface area contributed by atoms with E-state index in [1.165, 1.54) is 12.7 Å². The maximum atomic E-state index is 11.6. The molecule has 4 rings (SSSR count). The summed E-state index contributed by atoms with van der Waals surface area (Å²) in [6.07, 6.45) is 2.65. The van der Waals surface area contributed by atoms with Gasteiger partial charge in [-0.3, -0.25) is 4.90 Å². The summed E-state index contributed by atoms with van der Waals surface area (Å²) in [5.74, 6) is 2.19. The summed E-state index contributed by atoms with van der Waals surface area (Å²) in [5.41, 5.74) is 1.68. The molecule has 4 atom stereocenters. The number of aliphatic hydroxyl groups excluding tert-OH is 1. The highest BCUT2D eigenvalue weighted by atomic mass is 16.5. The van der Waals surface area contributed by atoms with E-state index in [2.05, 4.69) is 21.3 Å². The van der Waals surface area contributed by atoms with E-state index < -0.39 is 6.10 Å². The van der Waals surface area contributed by atoms with Crippen LogP contribution in [0.4, 0.5) is 5.82 Å². The zero-order valence-electron chi connectivity index (χ0n) is 17.5. The molecule has 0 bridgehead atoms. The van der Waals surface area contributed by atoms with Crippen LogP contribution >= 0.6 is 0 Å². The summed E-state index contributed by atoms with van der Waals surface area (Å²) < 4.78 is 10.8. The number of carbonyl (C=O) groups excluding carboxylic acids is 1. The molecule has 2 aliphatic rings. The SMILES string of the molecule is CNc1ncccc1CN1C[C@H]2C[C@@H](Oc3ccc(C(=O)OC)cc3)[C@H](O)C[C@H]2C1. The first-order chi connectivity index (χ1) is 14.6. The van der Waals surface area contributed by atoms with Gasteiger partial charge in [-0.1, -0.05) is 6.07 Å². The van der Waals surface area contributed by atoms with E-state index in [1.807, 2.05) is 13.1 Å². The Hall–Kier alpha value is -2.64. The van der Waals surface area contributed by atoms with Gasteiger partial charge in [0.2, 0.25) is 0 Å². The van der Waals surface area contributed by atoms with Gasteiger partial charge in [0.15, 0.2) is 0 Å². The predicted molar refractivity (Wildman–Crippen MR) is 113 cm³/mol. The molecule has 2 heterocycles. The first kappa shape index (κ1) is 20.6. The predicted octanol–water partition coefficient (Wildman–Crippen LogP) is 2.56. The Morgan fingerprint density at radius 2 is 1.93 bits per heavy atom. The van der Waals surface area contributed by atoms with Gasteiger partial charge in [-0.2, -0.15) is 0 Å². The number of likely N-dealkylation sites (tertiary alicyclic amines) is 1. The van der Waals surface area contributed by atoms with Gasteiger partial charge >= 0.3 is 5.97 Å². The highest BCUT2D eigenvalue weighted by Crippen LogP contribution is 2.38. The second-order valence-electron chi connectivity index (χ2n) is 8.19. The first-order valence-electron chi connectivity index (χ1n) is 10.4. The molecule has 7 nitrogen and oxygen atoms in total. The van der Waals surface area contributed by atoms with Gasteiger partial charge in [0.05, 0.1) is 18.8 Å². The zero-order chi connectivity index (χ0) is 21.1. The van der Waals surface area contributed by atoms with Gasteiger partial charge in [0.1, 0.15) is 17.7 Å². The number of rotatable bonds is 6. The monoisotopic (exact) mass is 411 g/mol. The Bertz CT molecular complexity index is 873. The number of fused-ring (bicyclic) bond motifs is 1. The fraction of sp³-hybridized carbons (Fsp3) is 0.478. The lowest BCUT2D eigenvalue weighted by atomic mass is 9.78. The molecule has 1 aliphatic carbocycles. The standard InChI is InChI=1S/C23H29N3O4/c1-24-22-16(4-3-9-25-22)12-26-13-17-10-20(27)21(11-18(17)14-26)30-19-7-5-15(6-8-19)23(28)29-2/h3-9,17-18,20-21,27H,10-14H2,1-2H3,(H,24,25)/t17-,18+,20+,21+/m0/s1. The van der Waals surface area contributed by atoms with Crippen molar-refractivity contribution in [2.75, 3.05) is 32.6 Å². The quantitative estimate of drug-likeness (QED) is 0.707. The number of ether oxygens (including phenoxy) is 2. The minimum Gasteiger partial charge on any atom is -0.488 e. The number of hydrogen-bond donors (Lipinski definition) is 2. The van der Waals surface area contributed by atoms with Crippen LogP contribution in [0.5, 0.6) is 5.75 Å². The molecule has 160 valence electrons. The van der Waals surface area contributed by atoms with Crippen LogP contribution in [-0.4, -0.2) is 60.4 Å². The van der Waals surface area contributed by atoms with Crippen molar-refractivity contribution < 1.29 is 19.4 Å². The zero-order valence-corrected chi connectivity index (χ0v) is 17.5. The third-order valence-electron chi connectivity index (χ3n) is 6.25. The van der Waals surface area contributed by atoms with Crippen molar-refractivity contribution >= 4 is 11.8 Å². The number of anilines is 1. The minimum atomic E-state index is -0.488. The normalized spacial score (nSPS) is 26.1. The van der Waals surface area contributed by atoms with Crippen molar-refractivity contribution in [2.45, 2.75) is 31.6 Å². The van der Waals surface area contributed by atoms with Crippen LogP contribution in [0, 0.1) is 11.8 Å². The second-order valence-corrected chi connectivity index (χ2v) is 8.19. The number of benzene rings is 1. The van der Waals surface area contributed by atoms with Crippen LogP contribution in [0.15, 0.2) is 42.6 Å². The van der Waals surface area contributed by atoms with Crippen LogP contribution in [0.2, 0.25) is 0 Å². The Morgan fingerprint density at radius 3 is 2.63 bits per heavy atom. The van der Waals surface area contributed by atoms with Crippen molar-refractivity contribution in [1.82, 2.24) is 9.88 Å². The lowest BCUT2D eigenvalue weighted by Crippen LogP contribution is -2.42. The van der Waals surface area contributed by atoms with Gasteiger partial charge in [-0.25, -0.2) is 9.78 Å². The summed E-state index contributed by atoms with van der Waals surface area (Å²) in [6.45, 7) is 2.84. The van der Waals surface area contributed by atoms with Crippen LogP contribution in [0.1, 0.15) is 28.8 Å². The number of aromatic nitrogens is 1. The molecule has 1 aromatic carbocycles. The summed E-state index contributed by atoms with van der Waals surface area (Å²) in [5, 5.41) is 13.8. The highest BCUT2D eigenvalue weighted by molar-refractivity contribution is 5.89. The number of nitrogens with zero attached hydrogens (tertiary/aromatic N) is 2. The van der Waals surface area contributed by atoms with Crippen LogP contribution in [-0.2, 0) is 11.3 Å². The summed E-state index contributed by atoms with van der Waals surface area (Å²) in [6, 6.07) is 11.0. The number of aliphatic hydroxyl groups is 1. The van der Waals surface area contributed by atoms with Gasteiger partial charge in [0.25, 0.3) is 0 Å². The van der Waals surface area contributed by atoms with E-state index in [4.69, 9.17) is 9.47 Å². The minimum absolute atomic E-state index is 0.235. The maximum absolute atomic E-state index is 11.6. The lowest BCUT2D eigenvalue weighted by molar-refractivity contribution is -0.0231. The molecule has 0 unspecified atom stereocenters. The molecule has 1 aliphatic heterocycles. The smallest absolute Gasteiger partial charge is 0.337 e.